The normalized spacial score (nSPS) is 26.4. The fraction of sp³-hybridized carbons (Fsp3) is 0.333. The number of likely N-dealkylation sites (N-methyl/N-ethyl adjacent to an activating group) is 1. The Labute approximate surface area is 138 Å². The van der Waals surface area contributed by atoms with Crippen LogP contribution in [0, 0.1) is 5.92 Å². The third-order valence-electron chi connectivity index (χ3n) is 5.42. The van der Waals surface area contributed by atoms with Crippen LogP contribution < -0.4 is 4.74 Å². The fourth-order valence-electron chi connectivity index (χ4n) is 4.08. The number of fused-ring (bicyclic) bond motifs is 2. The molecular weight excluding hydrogens is 282 g/mol. The van der Waals surface area contributed by atoms with Crippen molar-refractivity contribution < 1.29 is 4.74 Å². The molecule has 2 aromatic rings. The lowest BCUT2D eigenvalue weighted by Gasteiger charge is -2.46. The SMILES string of the molecule is COc1ccc(-c2ccc(C3C4C=CC(CC4)N3C)cc2)cc1. The molecule has 2 aromatic carbocycles. The van der Waals surface area contributed by atoms with Crippen LogP contribution in [-0.2, 0) is 0 Å². The molecule has 2 heterocycles. The fourth-order valence-corrected chi connectivity index (χ4v) is 4.08. The Kier molecular flexibility index (Phi) is 3.70. The molecule has 3 aliphatic rings. The number of benzene rings is 2. The lowest BCUT2D eigenvalue weighted by Crippen LogP contribution is -2.44. The summed E-state index contributed by atoms with van der Waals surface area (Å²) in [7, 11) is 3.97. The van der Waals surface area contributed by atoms with Crippen molar-refractivity contribution in [2.24, 2.45) is 5.92 Å². The second-order valence-electron chi connectivity index (χ2n) is 6.65. The average Bonchev–Trinajstić information content (AvgIpc) is 2.63. The third kappa shape index (κ3) is 2.57. The van der Waals surface area contributed by atoms with Crippen LogP contribution in [0.3, 0.4) is 0 Å². The molecule has 2 bridgehead atoms. The van der Waals surface area contributed by atoms with Crippen molar-refractivity contribution in [3.63, 3.8) is 0 Å². The van der Waals surface area contributed by atoms with Gasteiger partial charge >= 0.3 is 0 Å². The molecule has 2 heteroatoms. The monoisotopic (exact) mass is 305 g/mol. The van der Waals surface area contributed by atoms with Gasteiger partial charge in [0.1, 0.15) is 5.75 Å². The smallest absolute Gasteiger partial charge is 0.118 e. The summed E-state index contributed by atoms with van der Waals surface area (Å²) >= 11 is 0. The van der Waals surface area contributed by atoms with Crippen molar-refractivity contribution in [2.75, 3.05) is 14.2 Å². The first kappa shape index (κ1) is 14.5. The molecule has 23 heavy (non-hydrogen) atoms. The first-order valence-corrected chi connectivity index (χ1v) is 8.41. The zero-order chi connectivity index (χ0) is 15.8. The van der Waals surface area contributed by atoms with E-state index in [-0.39, 0.29) is 0 Å². The summed E-state index contributed by atoms with van der Waals surface area (Å²) in [5.74, 6) is 1.56. The molecule has 5 rings (SSSR count). The van der Waals surface area contributed by atoms with Crippen molar-refractivity contribution in [1.82, 2.24) is 4.90 Å². The molecular formula is C21H23NO. The van der Waals surface area contributed by atoms with Crippen molar-refractivity contribution in [1.29, 1.82) is 0 Å². The average molecular weight is 305 g/mol. The van der Waals surface area contributed by atoms with E-state index in [4.69, 9.17) is 4.74 Å². The summed E-state index contributed by atoms with van der Waals surface area (Å²) in [5, 5.41) is 0. The van der Waals surface area contributed by atoms with Crippen LogP contribution in [0.1, 0.15) is 24.4 Å². The van der Waals surface area contributed by atoms with Gasteiger partial charge in [-0.2, -0.15) is 0 Å². The molecule has 1 saturated heterocycles. The molecule has 1 aliphatic carbocycles. The van der Waals surface area contributed by atoms with Crippen LogP contribution >= 0.6 is 0 Å². The minimum Gasteiger partial charge on any atom is -0.497 e. The largest absolute Gasteiger partial charge is 0.497 e. The predicted octanol–water partition coefficient (Wildman–Crippen LogP) is 4.68. The Morgan fingerprint density at radius 1 is 0.870 bits per heavy atom. The molecule has 0 aromatic heterocycles. The van der Waals surface area contributed by atoms with Crippen molar-refractivity contribution in [2.45, 2.75) is 24.9 Å². The lowest BCUT2D eigenvalue weighted by atomic mass is 9.77. The standard InChI is InChI=1S/C21H23NO/c1-22-19-11-7-18(8-12-19)21(22)17-5-3-15(4-6-17)16-9-13-20(23-2)14-10-16/h3-7,9-11,13-14,18-19,21H,8,12H2,1-2H3. The van der Waals surface area contributed by atoms with Crippen LogP contribution in [0.4, 0.5) is 0 Å². The second kappa shape index (κ2) is 5.86. The summed E-state index contributed by atoms with van der Waals surface area (Å²) in [4.78, 5) is 2.54. The Bertz CT molecular complexity index is 702. The van der Waals surface area contributed by atoms with E-state index in [9.17, 15) is 0 Å². The molecule has 0 N–H and O–H groups in total. The number of ether oxygens (including phenoxy) is 1. The lowest BCUT2D eigenvalue weighted by molar-refractivity contribution is 0.0926. The van der Waals surface area contributed by atoms with Crippen LogP contribution in [0.5, 0.6) is 5.75 Å². The van der Waals surface area contributed by atoms with E-state index in [0.717, 1.165) is 5.75 Å². The summed E-state index contributed by atoms with van der Waals surface area (Å²) < 4.78 is 5.23. The Balaban J connectivity index is 1.59. The number of hydrogen-bond donors (Lipinski definition) is 0. The topological polar surface area (TPSA) is 12.5 Å². The third-order valence-corrected chi connectivity index (χ3v) is 5.42. The zero-order valence-corrected chi connectivity index (χ0v) is 13.8. The van der Waals surface area contributed by atoms with Crippen molar-refractivity contribution in [3.05, 3.63) is 66.2 Å². The maximum absolute atomic E-state index is 5.23. The van der Waals surface area contributed by atoms with Crippen LogP contribution in [-0.4, -0.2) is 25.1 Å². The van der Waals surface area contributed by atoms with E-state index in [0.29, 0.717) is 18.0 Å². The van der Waals surface area contributed by atoms with Gasteiger partial charge in [-0.25, -0.2) is 0 Å². The van der Waals surface area contributed by atoms with Gasteiger partial charge < -0.3 is 4.74 Å². The van der Waals surface area contributed by atoms with E-state index in [1.54, 1.807) is 7.11 Å². The number of piperidine rings is 1. The highest BCUT2D eigenvalue weighted by Gasteiger charge is 2.36. The number of rotatable bonds is 3. The molecule has 2 aliphatic heterocycles. The molecule has 3 unspecified atom stereocenters. The van der Waals surface area contributed by atoms with Gasteiger partial charge in [0.05, 0.1) is 7.11 Å². The van der Waals surface area contributed by atoms with Gasteiger partial charge in [-0.1, -0.05) is 48.6 Å². The number of methoxy groups -OCH3 is 1. The van der Waals surface area contributed by atoms with Crippen molar-refractivity contribution >= 4 is 0 Å². The first-order chi connectivity index (χ1) is 11.3. The second-order valence-corrected chi connectivity index (χ2v) is 6.65. The molecule has 0 amide bonds. The highest BCUT2D eigenvalue weighted by Crippen LogP contribution is 2.42. The predicted molar refractivity (Wildman–Crippen MR) is 94.6 cm³/mol. The maximum atomic E-state index is 5.23. The summed E-state index contributed by atoms with van der Waals surface area (Å²) in [6.07, 6.45) is 7.43. The van der Waals surface area contributed by atoms with Gasteiger partial charge in [-0.3, -0.25) is 4.90 Å². The van der Waals surface area contributed by atoms with Gasteiger partial charge in [-0.05, 0) is 54.6 Å². The maximum Gasteiger partial charge on any atom is 0.118 e. The molecule has 0 saturated carbocycles. The molecule has 3 atom stereocenters. The highest BCUT2D eigenvalue weighted by molar-refractivity contribution is 5.64. The molecule has 0 radical (unpaired) electrons. The minimum absolute atomic E-state index is 0.531. The van der Waals surface area contributed by atoms with E-state index in [1.165, 1.54) is 29.5 Å². The van der Waals surface area contributed by atoms with Gasteiger partial charge in [0, 0.05) is 12.1 Å². The molecule has 1 fully saturated rings. The van der Waals surface area contributed by atoms with Gasteiger partial charge in [-0.15, -0.1) is 0 Å². The van der Waals surface area contributed by atoms with Crippen LogP contribution in [0.15, 0.2) is 60.7 Å². The molecule has 2 nitrogen and oxygen atoms in total. The number of nitrogens with zero attached hydrogens (tertiary/aromatic N) is 1. The summed E-state index contributed by atoms with van der Waals surface area (Å²) in [6.45, 7) is 0. The van der Waals surface area contributed by atoms with Gasteiger partial charge in [0.2, 0.25) is 0 Å². The Morgan fingerprint density at radius 3 is 2.04 bits per heavy atom. The Hall–Kier alpha value is -2.06. The highest BCUT2D eigenvalue weighted by atomic mass is 16.5. The minimum atomic E-state index is 0.531. The quantitative estimate of drug-likeness (QED) is 0.763. The molecule has 0 spiro atoms. The van der Waals surface area contributed by atoms with Gasteiger partial charge in [0.15, 0.2) is 0 Å². The summed E-state index contributed by atoms with van der Waals surface area (Å²) in [5.41, 5.74) is 3.93. The van der Waals surface area contributed by atoms with E-state index >= 15 is 0 Å². The van der Waals surface area contributed by atoms with E-state index in [2.05, 4.69) is 60.5 Å². The zero-order valence-electron chi connectivity index (χ0n) is 13.8. The van der Waals surface area contributed by atoms with E-state index in [1.807, 2.05) is 12.1 Å². The first-order valence-electron chi connectivity index (χ1n) is 8.41. The molecule has 118 valence electrons. The van der Waals surface area contributed by atoms with Crippen LogP contribution in [0.25, 0.3) is 11.1 Å². The summed E-state index contributed by atoms with van der Waals surface area (Å²) in [6, 6.07) is 18.5. The van der Waals surface area contributed by atoms with Crippen LogP contribution in [0.2, 0.25) is 0 Å². The van der Waals surface area contributed by atoms with Gasteiger partial charge in [0.25, 0.3) is 0 Å². The Morgan fingerprint density at radius 2 is 1.52 bits per heavy atom. The van der Waals surface area contributed by atoms with E-state index < -0.39 is 0 Å². The van der Waals surface area contributed by atoms with Crippen molar-refractivity contribution in [3.8, 4) is 16.9 Å². The number of hydrogen-bond acceptors (Lipinski definition) is 2.